The van der Waals surface area contributed by atoms with Gasteiger partial charge in [-0.15, -0.1) is 5.10 Å². The molecule has 4 heterocycles. The van der Waals surface area contributed by atoms with Crippen LogP contribution in [-0.2, 0) is 17.8 Å². The quantitative estimate of drug-likeness (QED) is 0.204. The Balaban J connectivity index is 1.31. The summed E-state index contributed by atoms with van der Waals surface area (Å²) in [7, 11) is 1.51. The van der Waals surface area contributed by atoms with Crippen LogP contribution in [0.3, 0.4) is 0 Å². The SMILES string of the molecule is COc1nnc(COc2cccc(-c3cc(Cl)c(Cc4nc5ccc(C(=O)O)cc5n4C4COCC4(C)C)cc3F)n2)s1. The van der Waals surface area contributed by atoms with Crippen molar-refractivity contribution in [2.75, 3.05) is 20.3 Å². The van der Waals surface area contributed by atoms with Crippen molar-refractivity contribution in [3.8, 4) is 22.3 Å². The van der Waals surface area contributed by atoms with Crippen LogP contribution in [0.5, 0.6) is 11.1 Å². The van der Waals surface area contributed by atoms with Gasteiger partial charge in [0.2, 0.25) is 5.88 Å². The fourth-order valence-electron chi connectivity index (χ4n) is 5.18. The van der Waals surface area contributed by atoms with Gasteiger partial charge in [-0.2, -0.15) is 0 Å². The fraction of sp³-hybridized carbons (Fsp3) is 0.300. The summed E-state index contributed by atoms with van der Waals surface area (Å²) in [6.45, 7) is 5.32. The summed E-state index contributed by atoms with van der Waals surface area (Å²) in [6.07, 6.45) is 0.224. The number of halogens is 2. The van der Waals surface area contributed by atoms with E-state index in [4.69, 9.17) is 30.8 Å². The molecule has 0 amide bonds. The minimum Gasteiger partial charge on any atom is -0.478 e. The molecule has 0 aliphatic carbocycles. The Morgan fingerprint density at radius 1 is 1.21 bits per heavy atom. The predicted molar refractivity (Wildman–Crippen MR) is 159 cm³/mol. The number of rotatable bonds is 9. The maximum atomic E-state index is 15.6. The maximum absolute atomic E-state index is 15.6. The van der Waals surface area contributed by atoms with E-state index in [1.54, 1.807) is 36.4 Å². The van der Waals surface area contributed by atoms with Crippen molar-refractivity contribution in [1.82, 2.24) is 24.7 Å². The van der Waals surface area contributed by atoms with Crippen LogP contribution in [0.2, 0.25) is 5.02 Å². The molecule has 10 nitrogen and oxygen atoms in total. The molecule has 1 saturated heterocycles. The second-order valence-corrected chi connectivity index (χ2v) is 12.3. The number of carboxylic acid groups (broad SMARTS) is 1. The number of hydrogen-bond acceptors (Lipinski definition) is 9. The number of pyridine rings is 1. The van der Waals surface area contributed by atoms with E-state index in [-0.39, 0.29) is 35.6 Å². The third-order valence-electron chi connectivity index (χ3n) is 7.42. The average molecular weight is 624 g/mol. The first-order valence-electron chi connectivity index (χ1n) is 13.4. The largest absolute Gasteiger partial charge is 0.478 e. The van der Waals surface area contributed by atoms with Gasteiger partial charge in [0.05, 0.1) is 48.7 Å². The molecule has 1 atom stereocenters. The highest BCUT2D eigenvalue weighted by atomic mass is 35.5. The van der Waals surface area contributed by atoms with E-state index in [1.807, 2.05) is 4.57 Å². The van der Waals surface area contributed by atoms with Crippen LogP contribution in [0.4, 0.5) is 4.39 Å². The smallest absolute Gasteiger partial charge is 0.335 e. The number of carboxylic acids is 1. The first-order chi connectivity index (χ1) is 20.6. The first-order valence-corrected chi connectivity index (χ1v) is 14.6. The Morgan fingerprint density at radius 2 is 2.05 bits per heavy atom. The van der Waals surface area contributed by atoms with Crippen LogP contribution < -0.4 is 9.47 Å². The van der Waals surface area contributed by atoms with Gasteiger partial charge in [0.25, 0.3) is 5.19 Å². The number of hydrogen-bond donors (Lipinski definition) is 1. The van der Waals surface area contributed by atoms with E-state index in [0.29, 0.717) is 62.4 Å². The van der Waals surface area contributed by atoms with Gasteiger partial charge in [-0.3, -0.25) is 0 Å². The van der Waals surface area contributed by atoms with Crippen LogP contribution in [0.25, 0.3) is 22.3 Å². The topological polar surface area (TPSA) is 121 Å². The lowest BCUT2D eigenvalue weighted by atomic mass is 9.87. The number of fused-ring (bicyclic) bond motifs is 1. The zero-order chi connectivity index (χ0) is 30.3. The van der Waals surface area contributed by atoms with E-state index in [0.717, 1.165) is 0 Å². The number of methoxy groups -OCH3 is 1. The van der Waals surface area contributed by atoms with Gasteiger partial charge in [0.15, 0.2) is 5.01 Å². The standard InChI is InChI=1S/C30H27ClFN5O5S/c1-30(2)15-41-13-24(30)37-23-10-16(28(38)39)7-8-22(23)33-25(37)11-17-9-20(32)18(12-19(17)31)21-5-4-6-26(34-21)42-14-27-35-36-29(40-3)43-27/h4-10,12,24H,11,13-15H2,1-3H3,(H,38,39). The fourth-order valence-corrected chi connectivity index (χ4v) is 5.97. The number of imidazole rings is 1. The molecular weight excluding hydrogens is 597 g/mol. The molecule has 0 radical (unpaired) electrons. The van der Waals surface area contributed by atoms with Crippen molar-refractivity contribution in [3.05, 3.63) is 81.3 Å². The van der Waals surface area contributed by atoms with Crippen molar-refractivity contribution >= 4 is 39.9 Å². The summed E-state index contributed by atoms with van der Waals surface area (Å²) >= 11 is 8.00. The molecule has 3 aromatic heterocycles. The van der Waals surface area contributed by atoms with Crippen molar-refractivity contribution in [2.24, 2.45) is 5.41 Å². The molecule has 1 aliphatic rings. The molecule has 222 valence electrons. The molecule has 0 spiro atoms. The van der Waals surface area contributed by atoms with E-state index < -0.39 is 11.8 Å². The first kappa shape index (κ1) is 29.0. The van der Waals surface area contributed by atoms with Crippen LogP contribution in [0.15, 0.2) is 48.5 Å². The lowest BCUT2D eigenvalue weighted by Crippen LogP contribution is -2.27. The summed E-state index contributed by atoms with van der Waals surface area (Å²) in [4.78, 5) is 21.0. The van der Waals surface area contributed by atoms with Gasteiger partial charge in [-0.25, -0.2) is 19.2 Å². The molecule has 0 bridgehead atoms. The van der Waals surface area contributed by atoms with E-state index in [9.17, 15) is 9.90 Å². The Morgan fingerprint density at radius 3 is 2.77 bits per heavy atom. The summed E-state index contributed by atoms with van der Waals surface area (Å²) in [5, 5.41) is 18.9. The average Bonchev–Trinajstić information content (AvgIpc) is 3.69. The van der Waals surface area contributed by atoms with Gasteiger partial charge < -0.3 is 23.9 Å². The summed E-state index contributed by atoms with van der Waals surface area (Å²) in [6, 6.07) is 12.7. The molecule has 43 heavy (non-hydrogen) atoms. The minimum absolute atomic E-state index is 0.104. The Labute approximate surface area is 255 Å². The van der Waals surface area contributed by atoms with Crippen LogP contribution in [0, 0.1) is 11.2 Å². The van der Waals surface area contributed by atoms with Gasteiger partial charge in [-0.1, -0.05) is 48.0 Å². The summed E-state index contributed by atoms with van der Waals surface area (Å²) < 4.78 is 34.3. The van der Waals surface area contributed by atoms with E-state index >= 15 is 4.39 Å². The second kappa shape index (κ2) is 11.5. The van der Waals surface area contributed by atoms with Crippen molar-refractivity contribution in [3.63, 3.8) is 0 Å². The molecule has 1 aliphatic heterocycles. The molecule has 1 unspecified atom stereocenters. The van der Waals surface area contributed by atoms with Gasteiger partial charge in [0, 0.05) is 28.5 Å². The number of carbonyl (C=O) groups is 1. The highest BCUT2D eigenvalue weighted by molar-refractivity contribution is 7.13. The number of aromatic nitrogens is 5. The monoisotopic (exact) mass is 623 g/mol. The molecule has 2 aromatic carbocycles. The summed E-state index contributed by atoms with van der Waals surface area (Å²) in [5.41, 5.74) is 2.36. The molecule has 0 saturated carbocycles. The van der Waals surface area contributed by atoms with Crippen LogP contribution in [-0.4, -0.2) is 56.1 Å². The molecule has 1 fully saturated rings. The molecular formula is C30H27ClFN5O5S. The minimum atomic E-state index is -1.03. The number of nitrogens with zero attached hydrogens (tertiary/aromatic N) is 5. The lowest BCUT2D eigenvalue weighted by Gasteiger charge is -2.28. The van der Waals surface area contributed by atoms with Crippen molar-refractivity contribution in [1.29, 1.82) is 0 Å². The van der Waals surface area contributed by atoms with Crippen LogP contribution in [0.1, 0.15) is 46.6 Å². The molecule has 1 N–H and O–H groups in total. The normalized spacial score (nSPS) is 16.1. The Bertz CT molecular complexity index is 1840. The van der Waals surface area contributed by atoms with Gasteiger partial charge in [-0.05, 0) is 42.0 Å². The third kappa shape index (κ3) is 5.77. The summed E-state index contributed by atoms with van der Waals surface area (Å²) in [5.74, 6) is -0.597. The lowest BCUT2D eigenvalue weighted by molar-refractivity contribution is 0.0697. The van der Waals surface area contributed by atoms with E-state index in [1.165, 1.54) is 30.6 Å². The molecule has 13 heteroatoms. The maximum Gasteiger partial charge on any atom is 0.335 e. The second-order valence-electron chi connectivity index (χ2n) is 10.8. The third-order valence-corrected chi connectivity index (χ3v) is 8.63. The van der Waals surface area contributed by atoms with Crippen molar-refractivity contribution < 1.29 is 28.5 Å². The molecule has 5 aromatic rings. The van der Waals surface area contributed by atoms with Gasteiger partial charge in [0.1, 0.15) is 18.2 Å². The molecule has 6 rings (SSSR count). The zero-order valence-electron chi connectivity index (χ0n) is 23.5. The Hall–Kier alpha value is -4.13. The highest BCUT2D eigenvalue weighted by Gasteiger charge is 2.39. The van der Waals surface area contributed by atoms with Gasteiger partial charge >= 0.3 is 5.97 Å². The van der Waals surface area contributed by atoms with E-state index in [2.05, 4.69) is 29.0 Å². The predicted octanol–water partition coefficient (Wildman–Crippen LogP) is 6.22. The zero-order valence-corrected chi connectivity index (χ0v) is 25.1. The highest BCUT2D eigenvalue weighted by Crippen LogP contribution is 2.41. The van der Waals surface area contributed by atoms with Crippen molar-refractivity contribution in [2.45, 2.75) is 32.9 Å². The number of benzene rings is 2. The number of ether oxygens (including phenoxy) is 3. The van der Waals surface area contributed by atoms with Crippen LogP contribution >= 0.6 is 22.9 Å². The Kier molecular flexibility index (Phi) is 7.75. The number of aromatic carboxylic acids is 1.